The Bertz CT molecular complexity index is 288. The van der Waals surface area contributed by atoms with E-state index in [-0.39, 0.29) is 12.5 Å². The van der Waals surface area contributed by atoms with Crippen LogP contribution in [0.1, 0.15) is 65.2 Å². The van der Waals surface area contributed by atoms with E-state index in [1.807, 2.05) is 11.8 Å². The van der Waals surface area contributed by atoms with Gasteiger partial charge < -0.3 is 15.7 Å². The summed E-state index contributed by atoms with van der Waals surface area (Å²) in [6.45, 7) is 5.61. The molecule has 1 aliphatic carbocycles. The maximum absolute atomic E-state index is 12.6. The van der Waals surface area contributed by atoms with E-state index in [1.54, 1.807) is 0 Å². The van der Waals surface area contributed by atoms with Gasteiger partial charge in [0.1, 0.15) is 0 Å². The fraction of sp³-hybridized carbons (Fsp3) is 0.938. The molecule has 0 spiro atoms. The van der Waals surface area contributed by atoms with Crippen LogP contribution >= 0.6 is 0 Å². The highest BCUT2D eigenvalue weighted by molar-refractivity contribution is 5.86. The van der Waals surface area contributed by atoms with Crippen LogP contribution in [0.15, 0.2) is 0 Å². The average Bonchev–Trinajstić information content (AvgIpc) is 3.26. The van der Waals surface area contributed by atoms with Crippen LogP contribution in [-0.2, 0) is 4.79 Å². The maximum Gasteiger partial charge on any atom is 0.242 e. The highest BCUT2D eigenvalue weighted by atomic mass is 16.3. The van der Waals surface area contributed by atoms with Crippen LogP contribution in [0.3, 0.4) is 0 Å². The summed E-state index contributed by atoms with van der Waals surface area (Å²) in [7, 11) is 0. The minimum Gasteiger partial charge on any atom is -0.396 e. The van der Waals surface area contributed by atoms with E-state index in [0.29, 0.717) is 18.9 Å². The molecule has 1 fully saturated rings. The molecule has 1 atom stereocenters. The van der Waals surface area contributed by atoms with Gasteiger partial charge in [-0.1, -0.05) is 32.6 Å². The lowest BCUT2D eigenvalue weighted by atomic mass is 9.95. The number of nitrogens with two attached hydrogens (primary N) is 1. The van der Waals surface area contributed by atoms with E-state index >= 15 is 0 Å². The van der Waals surface area contributed by atoms with E-state index in [1.165, 1.54) is 25.7 Å². The SMILES string of the molecule is CCCCCCCN(CCCO)C(=O)C(C)(N)C1CC1. The minimum absolute atomic E-state index is 0.0731. The Morgan fingerprint density at radius 1 is 1.20 bits per heavy atom. The van der Waals surface area contributed by atoms with Crippen molar-refractivity contribution in [1.29, 1.82) is 0 Å². The van der Waals surface area contributed by atoms with E-state index in [9.17, 15) is 4.79 Å². The number of rotatable bonds is 11. The van der Waals surface area contributed by atoms with Crippen molar-refractivity contribution in [3.8, 4) is 0 Å². The number of amides is 1. The zero-order valence-electron chi connectivity index (χ0n) is 13.2. The molecule has 0 aliphatic heterocycles. The Balaban J connectivity index is 2.43. The summed E-state index contributed by atoms with van der Waals surface area (Å²) in [5.41, 5.74) is 5.53. The topological polar surface area (TPSA) is 66.6 Å². The molecular formula is C16H32N2O2. The third kappa shape index (κ3) is 5.41. The fourth-order valence-corrected chi connectivity index (χ4v) is 2.68. The van der Waals surface area contributed by atoms with Crippen molar-refractivity contribution in [3.63, 3.8) is 0 Å². The summed E-state index contributed by atoms with van der Waals surface area (Å²) in [6.07, 6.45) is 8.73. The van der Waals surface area contributed by atoms with Crippen molar-refractivity contribution < 1.29 is 9.90 Å². The summed E-state index contributed by atoms with van der Waals surface area (Å²) in [6, 6.07) is 0. The lowest BCUT2D eigenvalue weighted by molar-refractivity contribution is -0.137. The molecule has 1 saturated carbocycles. The van der Waals surface area contributed by atoms with E-state index < -0.39 is 5.54 Å². The smallest absolute Gasteiger partial charge is 0.242 e. The second-order valence-electron chi connectivity index (χ2n) is 6.34. The third-order valence-corrected chi connectivity index (χ3v) is 4.29. The number of aliphatic hydroxyl groups excluding tert-OH is 1. The van der Waals surface area contributed by atoms with Gasteiger partial charge in [0.25, 0.3) is 0 Å². The first-order chi connectivity index (χ1) is 9.54. The molecule has 0 radical (unpaired) electrons. The minimum atomic E-state index is -0.709. The van der Waals surface area contributed by atoms with Crippen LogP contribution in [0.4, 0.5) is 0 Å². The van der Waals surface area contributed by atoms with Crippen molar-refractivity contribution in [1.82, 2.24) is 4.90 Å². The number of aliphatic hydroxyl groups is 1. The van der Waals surface area contributed by atoms with Gasteiger partial charge in [-0.3, -0.25) is 4.79 Å². The molecule has 3 N–H and O–H groups in total. The Hall–Kier alpha value is -0.610. The molecule has 1 rings (SSSR count). The van der Waals surface area contributed by atoms with Crippen LogP contribution in [0.5, 0.6) is 0 Å². The van der Waals surface area contributed by atoms with Gasteiger partial charge in [-0.2, -0.15) is 0 Å². The van der Waals surface area contributed by atoms with E-state index in [0.717, 1.165) is 25.8 Å². The highest BCUT2D eigenvalue weighted by Crippen LogP contribution is 2.39. The van der Waals surface area contributed by atoms with Crippen molar-refractivity contribution >= 4 is 5.91 Å². The predicted octanol–water partition coefficient (Wildman–Crippen LogP) is 2.30. The van der Waals surface area contributed by atoms with Crippen LogP contribution in [0.25, 0.3) is 0 Å². The van der Waals surface area contributed by atoms with Gasteiger partial charge in [0.2, 0.25) is 5.91 Å². The number of hydrogen-bond donors (Lipinski definition) is 2. The molecule has 1 amide bonds. The zero-order chi connectivity index (χ0) is 15.0. The summed E-state index contributed by atoms with van der Waals surface area (Å²) in [4.78, 5) is 14.5. The molecule has 4 heteroatoms. The van der Waals surface area contributed by atoms with E-state index in [2.05, 4.69) is 6.92 Å². The Kier molecular flexibility index (Phi) is 7.52. The van der Waals surface area contributed by atoms with Gasteiger partial charge in [-0.25, -0.2) is 0 Å². The lowest BCUT2D eigenvalue weighted by Crippen LogP contribution is -2.55. The third-order valence-electron chi connectivity index (χ3n) is 4.29. The molecule has 118 valence electrons. The maximum atomic E-state index is 12.6. The summed E-state index contributed by atoms with van der Waals surface area (Å²) in [5.74, 6) is 0.427. The second-order valence-corrected chi connectivity index (χ2v) is 6.34. The van der Waals surface area contributed by atoms with Gasteiger partial charge in [-0.05, 0) is 38.5 Å². The van der Waals surface area contributed by atoms with Crippen molar-refractivity contribution in [3.05, 3.63) is 0 Å². The van der Waals surface area contributed by atoms with Crippen LogP contribution in [0, 0.1) is 5.92 Å². The molecule has 4 nitrogen and oxygen atoms in total. The summed E-state index contributed by atoms with van der Waals surface area (Å²) in [5, 5.41) is 8.99. The fourth-order valence-electron chi connectivity index (χ4n) is 2.68. The van der Waals surface area contributed by atoms with Crippen molar-refractivity contribution in [2.24, 2.45) is 11.7 Å². The molecule has 1 aliphatic rings. The standard InChI is InChI=1S/C16H32N2O2/c1-3-4-5-6-7-11-18(12-8-13-19)15(20)16(2,17)14-9-10-14/h14,19H,3-13,17H2,1-2H3. The normalized spacial score (nSPS) is 17.8. The van der Waals surface area contributed by atoms with Gasteiger partial charge in [0.05, 0.1) is 5.54 Å². The van der Waals surface area contributed by atoms with Crippen molar-refractivity contribution in [2.45, 2.75) is 70.8 Å². The zero-order valence-corrected chi connectivity index (χ0v) is 13.2. The molecule has 20 heavy (non-hydrogen) atoms. The average molecular weight is 284 g/mol. The lowest BCUT2D eigenvalue weighted by Gasteiger charge is -2.32. The van der Waals surface area contributed by atoms with Gasteiger partial charge >= 0.3 is 0 Å². The molecule has 0 bridgehead atoms. The summed E-state index contributed by atoms with van der Waals surface area (Å²) >= 11 is 0. The van der Waals surface area contributed by atoms with Gasteiger partial charge in [0.15, 0.2) is 0 Å². The molecular weight excluding hydrogens is 252 g/mol. The monoisotopic (exact) mass is 284 g/mol. The second kappa shape index (κ2) is 8.63. The number of hydrogen-bond acceptors (Lipinski definition) is 3. The molecule has 1 unspecified atom stereocenters. The van der Waals surface area contributed by atoms with Gasteiger partial charge in [0, 0.05) is 19.7 Å². The van der Waals surface area contributed by atoms with E-state index in [4.69, 9.17) is 10.8 Å². The molecule has 0 saturated heterocycles. The predicted molar refractivity (Wildman–Crippen MR) is 82.4 cm³/mol. The summed E-state index contributed by atoms with van der Waals surface area (Å²) < 4.78 is 0. The highest BCUT2D eigenvalue weighted by Gasteiger charge is 2.45. The van der Waals surface area contributed by atoms with Gasteiger partial charge in [-0.15, -0.1) is 0 Å². The van der Waals surface area contributed by atoms with Crippen LogP contribution in [0.2, 0.25) is 0 Å². The number of nitrogens with zero attached hydrogens (tertiary/aromatic N) is 1. The number of carbonyl (C=O) groups is 1. The quantitative estimate of drug-likeness (QED) is 0.572. The van der Waals surface area contributed by atoms with Crippen LogP contribution in [-0.4, -0.2) is 41.1 Å². The van der Waals surface area contributed by atoms with Crippen LogP contribution < -0.4 is 5.73 Å². The molecule has 0 aromatic rings. The van der Waals surface area contributed by atoms with Crippen molar-refractivity contribution in [2.75, 3.05) is 19.7 Å². The number of carbonyl (C=O) groups excluding carboxylic acids is 1. The largest absolute Gasteiger partial charge is 0.396 e. The Labute approximate surface area is 123 Å². The molecule has 0 aromatic heterocycles. The molecule has 0 aromatic carbocycles. The Morgan fingerprint density at radius 3 is 2.35 bits per heavy atom. The first kappa shape index (κ1) is 17.4. The molecule has 0 heterocycles. The first-order valence-electron chi connectivity index (χ1n) is 8.23. The number of unbranched alkanes of at least 4 members (excludes halogenated alkanes) is 4. The Morgan fingerprint density at radius 2 is 1.80 bits per heavy atom. The first-order valence-corrected chi connectivity index (χ1v) is 8.23.